The summed E-state index contributed by atoms with van der Waals surface area (Å²) in [7, 11) is 4.83. The first-order valence-electron chi connectivity index (χ1n) is 13.9. The Balaban J connectivity index is 1.48. The lowest BCUT2D eigenvalue weighted by atomic mass is 9.52. The predicted molar refractivity (Wildman–Crippen MR) is 148 cm³/mol. The molecule has 6 atom stereocenters. The van der Waals surface area contributed by atoms with E-state index in [4.69, 9.17) is 5.73 Å². The quantitative estimate of drug-likeness (QED) is 0.401. The van der Waals surface area contributed by atoms with E-state index in [-0.39, 0.29) is 36.1 Å². The zero-order valence-corrected chi connectivity index (χ0v) is 23.7. The van der Waals surface area contributed by atoms with Crippen molar-refractivity contribution in [3.05, 3.63) is 64.5 Å². The lowest BCUT2D eigenvalue weighted by Gasteiger charge is -2.52. The minimum absolute atomic E-state index is 0.0316. The van der Waals surface area contributed by atoms with Crippen LogP contribution < -0.4 is 5.73 Å². The van der Waals surface area contributed by atoms with Crippen molar-refractivity contribution in [1.29, 1.82) is 0 Å². The molecule has 1 amide bonds. The van der Waals surface area contributed by atoms with Crippen molar-refractivity contribution >= 4 is 29.0 Å². The highest BCUT2D eigenvalue weighted by molar-refractivity contribution is 6.32. The molecule has 0 radical (unpaired) electrons. The fourth-order valence-corrected chi connectivity index (χ4v) is 7.16. The zero-order valence-electron chi connectivity index (χ0n) is 23.7. The number of Topliss-reactive ketones (excluding diaryl/α,β-unsaturated/α-hetero) is 4. The normalized spacial score (nSPS) is 29.0. The molecule has 3 aliphatic rings. The van der Waals surface area contributed by atoms with E-state index in [0.29, 0.717) is 6.54 Å². The number of aromatic hydroxyl groups is 1. The molecule has 4 N–H and O–H groups in total. The molecule has 2 unspecified atom stereocenters. The van der Waals surface area contributed by atoms with E-state index in [1.165, 1.54) is 25.1 Å². The summed E-state index contributed by atoms with van der Waals surface area (Å²) in [5.41, 5.74) is 3.43. The van der Waals surface area contributed by atoms with E-state index in [9.17, 15) is 34.2 Å². The van der Waals surface area contributed by atoms with E-state index in [2.05, 4.69) is 0 Å². The molecule has 222 valence electrons. The van der Waals surface area contributed by atoms with Gasteiger partial charge < -0.3 is 20.8 Å². The van der Waals surface area contributed by atoms with Gasteiger partial charge in [0.05, 0.1) is 17.5 Å². The summed E-state index contributed by atoms with van der Waals surface area (Å²) in [4.78, 5) is 69.4. The Hall–Kier alpha value is -3.80. The number of nitrogens with two attached hydrogens (primary N) is 1. The molecule has 0 bridgehead atoms. The van der Waals surface area contributed by atoms with Crippen LogP contribution in [0.4, 0.5) is 4.39 Å². The summed E-state index contributed by atoms with van der Waals surface area (Å²) in [5.74, 6) is -12.4. The highest BCUT2D eigenvalue weighted by Gasteiger charge is 2.69. The number of rotatable bonds is 7. The molecule has 0 aromatic heterocycles. The predicted octanol–water partition coefficient (Wildman–Crippen LogP) is 0.681. The van der Waals surface area contributed by atoms with Crippen molar-refractivity contribution in [2.45, 2.75) is 37.5 Å². The van der Waals surface area contributed by atoms with Crippen LogP contribution >= 0.6 is 0 Å². The number of phenols is 1. The van der Waals surface area contributed by atoms with E-state index >= 15 is 4.39 Å². The summed E-state index contributed by atoms with van der Waals surface area (Å²) >= 11 is 0. The number of nitrogens with zero attached hydrogens (tertiary/aromatic N) is 2. The van der Waals surface area contributed by atoms with Crippen molar-refractivity contribution in [2.24, 2.45) is 29.4 Å². The molecule has 10 nitrogen and oxygen atoms in total. The standard InChI is InChI=1S/C31H34FN3O7/c1-34(2)25-19-12-16-11-18-22(26(37)21(16)28(39)31(19,42)29(40)23(27(25)38)30(33)41)20(36)13-17(24(18)32)14-35(3)10-9-15-7-5-4-6-8-15/h4-8,13,16,19,21,23,25,36,42H,9-12,14H2,1-3H3,(H2,33,41)/t16-,19-,21?,23?,25-,31-/m0/s1. The van der Waals surface area contributed by atoms with E-state index in [1.54, 1.807) is 0 Å². The minimum Gasteiger partial charge on any atom is -0.507 e. The van der Waals surface area contributed by atoms with E-state index in [1.807, 2.05) is 42.3 Å². The van der Waals surface area contributed by atoms with Crippen molar-refractivity contribution in [3.8, 4) is 5.75 Å². The van der Waals surface area contributed by atoms with Crippen LogP contribution in [0.5, 0.6) is 5.75 Å². The number of carbonyl (C=O) groups excluding carboxylic acids is 5. The van der Waals surface area contributed by atoms with Crippen molar-refractivity contribution in [3.63, 3.8) is 0 Å². The third-order valence-corrected chi connectivity index (χ3v) is 9.13. The third kappa shape index (κ3) is 4.56. The molecule has 2 aromatic rings. The average molecular weight is 580 g/mol. The first kappa shape index (κ1) is 29.7. The van der Waals surface area contributed by atoms with Gasteiger partial charge in [-0.15, -0.1) is 0 Å². The Kier molecular flexibility index (Phi) is 7.63. The number of hydrogen-bond acceptors (Lipinski definition) is 9. The van der Waals surface area contributed by atoms with Crippen LogP contribution in [0.2, 0.25) is 0 Å². The van der Waals surface area contributed by atoms with E-state index in [0.717, 1.165) is 12.0 Å². The molecule has 0 aliphatic heterocycles. The average Bonchev–Trinajstić information content (AvgIpc) is 2.92. The maximum Gasteiger partial charge on any atom is 0.235 e. The largest absolute Gasteiger partial charge is 0.507 e. The molecule has 3 aliphatic carbocycles. The van der Waals surface area contributed by atoms with Crippen LogP contribution in [0.3, 0.4) is 0 Å². The van der Waals surface area contributed by atoms with Gasteiger partial charge in [-0.25, -0.2) is 4.39 Å². The molecule has 2 aromatic carbocycles. The summed E-state index contributed by atoms with van der Waals surface area (Å²) in [6.07, 6.45) is 0.476. The first-order chi connectivity index (χ1) is 19.8. The summed E-state index contributed by atoms with van der Waals surface area (Å²) < 4.78 is 16.0. The lowest BCUT2D eigenvalue weighted by Crippen LogP contribution is -2.74. The van der Waals surface area contributed by atoms with Crippen LogP contribution in [0, 0.1) is 29.5 Å². The molecular formula is C31H34FN3O7. The summed E-state index contributed by atoms with van der Waals surface area (Å²) in [6, 6.07) is 9.75. The Morgan fingerprint density at radius 3 is 2.38 bits per heavy atom. The number of primary amides is 1. The molecule has 0 spiro atoms. The maximum atomic E-state index is 16.0. The summed E-state index contributed by atoms with van der Waals surface area (Å²) in [5, 5.41) is 22.5. The number of carbonyl (C=O) groups is 5. The fourth-order valence-electron chi connectivity index (χ4n) is 7.16. The Labute approximate surface area is 242 Å². The van der Waals surface area contributed by atoms with Crippen LogP contribution in [0.15, 0.2) is 36.4 Å². The number of ketones is 4. The Bertz CT molecular complexity index is 1490. The monoisotopic (exact) mass is 579 g/mol. The molecule has 42 heavy (non-hydrogen) atoms. The molecule has 0 heterocycles. The van der Waals surface area contributed by atoms with Crippen LogP contribution in [-0.2, 0) is 38.6 Å². The number of halogens is 1. The smallest absolute Gasteiger partial charge is 0.235 e. The molecule has 2 saturated carbocycles. The van der Waals surface area contributed by atoms with Crippen LogP contribution in [0.1, 0.15) is 33.5 Å². The molecule has 0 saturated heterocycles. The molecule has 5 rings (SSSR count). The van der Waals surface area contributed by atoms with Gasteiger partial charge in [0.25, 0.3) is 0 Å². The maximum absolute atomic E-state index is 16.0. The highest BCUT2D eigenvalue weighted by atomic mass is 19.1. The van der Waals surface area contributed by atoms with Gasteiger partial charge in [-0.2, -0.15) is 0 Å². The van der Waals surface area contributed by atoms with Gasteiger partial charge in [0.15, 0.2) is 34.7 Å². The number of phenolic OH excluding ortho intramolecular Hbond substituents is 1. The van der Waals surface area contributed by atoms with Crippen LogP contribution in [-0.4, -0.2) is 88.4 Å². The topological polar surface area (TPSA) is 158 Å². The highest BCUT2D eigenvalue weighted by Crippen LogP contribution is 2.51. The number of aliphatic hydroxyl groups is 1. The fraction of sp³-hybridized carbons (Fsp3) is 0.452. The lowest BCUT2D eigenvalue weighted by molar-refractivity contribution is -0.181. The second-order valence-electron chi connectivity index (χ2n) is 12.0. The second-order valence-corrected chi connectivity index (χ2v) is 12.0. The Morgan fingerprint density at radius 2 is 1.76 bits per heavy atom. The Morgan fingerprint density at radius 1 is 1.10 bits per heavy atom. The number of amides is 1. The number of hydrogen-bond donors (Lipinski definition) is 3. The van der Waals surface area contributed by atoms with Gasteiger partial charge >= 0.3 is 0 Å². The van der Waals surface area contributed by atoms with E-state index < -0.39 is 75.9 Å². The van der Waals surface area contributed by atoms with Gasteiger partial charge in [-0.05, 0) is 58.0 Å². The number of likely N-dealkylation sites (N-methyl/N-ethyl adjacent to an activating group) is 2. The number of fused-ring (bicyclic) bond motifs is 3. The van der Waals surface area contributed by atoms with Gasteiger partial charge in [-0.1, -0.05) is 30.3 Å². The first-order valence-corrected chi connectivity index (χ1v) is 13.9. The zero-order chi connectivity index (χ0) is 30.7. The minimum atomic E-state index is -2.81. The molecule has 2 fully saturated rings. The van der Waals surface area contributed by atoms with Gasteiger partial charge in [0.1, 0.15) is 11.6 Å². The van der Waals surface area contributed by atoms with Gasteiger partial charge in [0.2, 0.25) is 5.91 Å². The van der Waals surface area contributed by atoms with Crippen molar-refractivity contribution in [2.75, 3.05) is 27.7 Å². The SMILES string of the molecule is CN(CCc1ccccc1)Cc1cc(O)c2c(c1F)C[C@H]1C[C@H]3[C@H](N(C)C)C(=O)C(C(N)=O)C(=O)[C@@]3(O)C(=O)C1C2=O. The summed E-state index contributed by atoms with van der Waals surface area (Å²) in [6.45, 7) is 0.767. The van der Waals surface area contributed by atoms with Crippen molar-refractivity contribution < 1.29 is 38.6 Å². The van der Waals surface area contributed by atoms with Gasteiger partial charge in [-0.3, -0.25) is 28.9 Å². The second kappa shape index (κ2) is 10.8. The van der Waals surface area contributed by atoms with Crippen molar-refractivity contribution in [1.82, 2.24) is 9.80 Å². The number of benzene rings is 2. The van der Waals surface area contributed by atoms with Crippen LogP contribution in [0.25, 0.3) is 0 Å². The molecule has 11 heteroatoms. The third-order valence-electron chi connectivity index (χ3n) is 9.13. The molecular weight excluding hydrogens is 545 g/mol. The van der Waals surface area contributed by atoms with Gasteiger partial charge in [0, 0.05) is 30.1 Å².